The van der Waals surface area contributed by atoms with Crippen LogP contribution in [0.3, 0.4) is 0 Å². The number of hydrogen-bond acceptors (Lipinski definition) is 1. The molecule has 2 rings (SSSR count). The van der Waals surface area contributed by atoms with Crippen LogP contribution in [0, 0.1) is 6.92 Å². The Kier molecular flexibility index (Phi) is 4.35. The van der Waals surface area contributed by atoms with E-state index < -0.39 is 0 Å². The van der Waals surface area contributed by atoms with Gasteiger partial charge in [0.1, 0.15) is 0 Å². The van der Waals surface area contributed by atoms with Crippen molar-refractivity contribution >= 4 is 31.9 Å². The number of benzene rings is 1. The predicted octanol–water partition coefficient (Wildman–Crippen LogP) is 4.83. The fourth-order valence-electron chi connectivity index (χ4n) is 1.76. The third kappa shape index (κ3) is 3.39. The molecule has 1 heterocycles. The third-order valence-electron chi connectivity index (χ3n) is 2.69. The van der Waals surface area contributed by atoms with E-state index in [4.69, 9.17) is 0 Å². The summed E-state index contributed by atoms with van der Waals surface area (Å²) in [6, 6.07) is 12.4. The topological polar surface area (TPSA) is 12.9 Å². The van der Waals surface area contributed by atoms with E-state index in [0.29, 0.717) is 4.83 Å². The first kappa shape index (κ1) is 12.8. The summed E-state index contributed by atoms with van der Waals surface area (Å²) >= 11 is 7.26. The van der Waals surface area contributed by atoms with Crippen molar-refractivity contribution < 1.29 is 0 Å². The second-order valence-corrected chi connectivity index (χ2v) is 6.01. The molecule has 1 nitrogen and oxygen atoms in total. The first-order chi connectivity index (χ1) is 8.16. The average molecular weight is 355 g/mol. The van der Waals surface area contributed by atoms with E-state index in [9.17, 15) is 0 Å². The molecule has 0 saturated carbocycles. The summed E-state index contributed by atoms with van der Waals surface area (Å²) in [5.74, 6) is 0. The minimum Gasteiger partial charge on any atom is -0.261 e. The molecule has 0 bridgehead atoms. The molecule has 1 aromatic carbocycles. The molecule has 88 valence electrons. The highest BCUT2D eigenvalue weighted by Gasteiger charge is 2.12. The maximum atomic E-state index is 4.35. The molecule has 1 atom stereocenters. The van der Waals surface area contributed by atoms with Gasteiger partial charge in [-0.2, -0.15) is 0 Å². The monoisotopic (exact) mass is 353 g/mol. The summed E-state index contributed by atoms with van der Waals surface area (Å²) in [5.41, 5.74) is 3.71. The van der Waals surface area contributed by atoms with E-state index in [1.807, 2.05) is 18.3 Å². The maximum absolute atomic E-state index is 4.35. The van der Waals surface area contributed by atoms with Crippen molar-refractivity contribution in [3.05, 3.63) is 63.9 Å². The van der Waals surface area contributed by atoms with Gasteiger partial charge in [0, 0.05) is 27.6 Å². The molecule has 0 amide bonds. The highest BCUT2D eigenvalue weighted by atomic mass is 79.9. The number of pyridine rings is 1. The van der Waals surface area contributed by atoms with Gasteiger partial charge >= 0.3 is 0 Å². The molecule has 0 aliphatic carbocycles. The van der Waals surface area contributed by atoms with Gasteiger partial charge in [0.25, 0.3) is 0 Å². The standard InChI is InChI=1S/C14H13Br2N/c1-10-5-6-11(15)8-13(10)14(16)9-12-4-2-3-7-17-12/h2-8,14H,9H2,1H3. The number of hydrogen-bond donors (Lipinski definition) is 0. The molecule has 1 aromatic heterocycles. The Bertz CT molecular complexity index is 497. The molecule has 0 fully saturated rings. The van der Waals surface area contributed by atoms with E-state index in [-0.39, 0.29) is 0 Å². The van der Waals surface area contributed by atoms with Gasteiger partial charge < -0.3 is 0 Å². The molecule has 0 aliphatic heterocycles. The van der Waals surface area contributed by atoms with Gasteiger partial charge in [-0.1, -0.05) is 44.0 Å². The highest BCUT2D eigenvalue weighted by Crippen LogP contribution is 2.30. The molecule has 1 unspecified atom stereocenters. The van der Waals surface area contributed by atoms with Crippen LogP contribution in [0.5, 0.6) is 0 Å². The van der Waals surface area contributed by atoms with Crippen molar-refractivity contribution in [1.29, 1.82) is 0 Å². The summed E-state index contributed by atoms with van der Waals surface area (Å²) < 4.78 is 1.11. The summed E-state index contributed by atoms with van der Waals surface area (Å²) in [7, 11) is 0. The Labute approximate surface area is 119 Å². The number of rotatable bonds is 3. The van der Waals surface area contributed by atoms with Gasteiger partial charge in [-0.05, 0) is 42.3 Å². The molecule has 0 spiro atoms. The maximum Gasteiger partial charge on any atom is 0.0453 e. The van der Waals surface area contributed by atoms with E-state index in [1.165, 1.54) is 11.1 Å². The van der Waals surface area contributed by atoms with Crippen LogP contribution in [-0.4, -0.2) is 4.98 Å². The van der Waals surface area contributed by atoms with E-state index in [2.05, 4.69) is 68.0 Å². The lowest BCUT2D eigenvalue weighted by Crippen LogP contribution is -1.99. The summed E-state index contributed by atoms with van der Waals surface area (Å²) in [6.45, 7) is 2.13. The number of aryl methyl sites for hydroxylation is 1. The second kappa shape index (κ2) is 5.78. The normalized spacial score (nSPS) is 12.4. The van der Waals surface area contributed by atoms with E-state index >= 15 is 0 Å². The quantitative estimate of drug-likeness (QED) is 0.719. The van der Waals surface area contributed by atoms with Crippen LogP contribution in [0.1, 0.15) is 21.6 Å². The average Bonchev–Trinajstić information content (AvgIpc) is 2.33. The molecule has 17 heavy (non-hydrogen) atoms. The molecule has 0 radical (unpaired) electrons. The van der Waals surface area contributed by atoms with Crippen LogP contribution in [0.2, 0.25) is 0 Å². The number of alkyl halides is 1. The van der Waals surface area contributed by atoms with Crippen molar-refractivity contribution in [2.75, 3.05) is 0 Å². The van der Waals surface area contributed by atoms with Crippen LogP contribution in [0.25, 0.3) is 0 Å². The zero-order valence-electron chi connectivity index (χ0n) is 9.53. The van der Waals surface area contributed by atoms with Crippen molar-refractivity contribution in [2.45, 2.75) is 18.2 Å². The van der Waals surface area contributed by atoms with E-state index in [0.717, 1.165) is 16.6 Å². The van der Waals surface area contributed by atoms with Gasteiger partial charge in [0.05, 0.1) is 0 Å². The molecule has 2 aromatic rings. The highest BCUT2D eigenvalue weighted by molar-refractivity contribution is 9.10. The molecule has 0 N–H and O–H groups in total. The summed E-state index contributed by atoms with van der Waals surface area (Å²) in [5, 5.41) is 0. The SMILES string of the molecule is Cc1ccc(Br)cc1C(Br)Cc1ccccn1. The lowest BCUT2D eigenvalue weighted by Gasteiger charge is -2.13. The third-order valence-corrected chi connectivity index (χ3v) is 4.00. The number of nitrogens with zero attached hydrogens (tertiary/aromatic N) is 1. The number of halogens is 2. The minimum absolute atomic E-state index is 0.301. The van der Waals surface area contributed by atoms with Crippen molar-refractivity contribution in [1.82, 2.24) is 4.98 Å². The molecular formula is C14H13Br2N. The van der Waals surface area contributed by atoms with Crippen LogP contribution >= 0.6 is 31.9 Å². The van der Waals surface area contributed by atoms with Crippen molar-refractivity contribution in [3.63, 3.8) is 0 Å². The second-order valence-electron chi connectivity index (χ2n) is 3.99. The molecule has 3 heteroatoms. The van der Waals surface area contributed by atoms with Crippen LogP contribution in [0.4, 0.5) is 0 Å². The summed E-state index contributed by atoms with van der Waals surface area (Å²) in [4.78, 5) is 4.66. The Morgan fingerprint density at radius 3 is 2.76 bits per heavy atom. The van der Waals surface area contributed by atoms with Crippen LogP contribution in [0.15, 0.2) is 47.1 Å². The van der Waals surface area contributed by atoms with Gasteiger partial charge in [-0.25, -0.2) is 0 Å². The first-order valence-corrected chi connectivity index (χ1v) is 7.17. The molecule has 0 saturated heterocycles. The predicted molar refractivity (Wildman–Crippen MR) is 78.5 cm³/mol. The Morgan fingerprint density at radius 1 is 1.24 bits per heavy atom. The van der Waals surface area contributed by atoms with Gasteiger partial charge in [-0.3, -0.25) is 4.98 Å². The first-order valence-electron chi connectivity index (χ1n) is 5.47. The fraction of sp³-hybridized carbons (Fsp3) is 0.214. The zero-order valence-corrected chi connectivity index (χ0v) is 12.7. The smallest absolute Gasteiger partial charge is 0.0453 e. The number of aromatic nitrogens is 1. The van der Waals surface area contributed by atoms with Crippen molar-refractivity contribution in [3.8, 4) is 0 Å². The van der Waals surface area contributed by atoms with Crippen LogP contribution < -0.4 is 0 Å². The van der Waals surface area contributed by atoms with Gasteiger partial charge in [0.2, 0.25) is 0 Å². The Morgan fingerprint density at radius 2 is 2.06 bits per heavy atom. The Hall–Kier alpha value is -0.670. The summed E-state index contributed by atoms with van der Waals surface area (Å²) in [6.07, 6.45) is 2.74. The molecular weight excluding hydrogens is 342 g/mol. The minimum atomic E-state index is 0.301. The van der Waals surface area contributed by atoms with E-state index in [1.54, 1.807) is 0 Å². The lowest BCUT2D eigenvalue weighted by atomic mass is 10.0. The van der Waals surface area contributed by atoms with Gasteiger partial charge in [0.15, 0.2) is 0 Å². The fourth-order valence-corrected chi connectivity index (χ4v) is 2.96. The van der Waals surface area contributed by atoms with Crippen LogP contribution in [-0.2, 0) is 6.42 Å². The molecule has 0 aliphatic rings. The lowest BCUT2D eigenvalue weighted by molar-refractivity contribution is 0.896. The Balaban J connectivity index is 2.20. The van der Waals surface area contributed by atoms with Gasteiger partial charge in [-0.15, -0.1) is 0 Å². The zero-order chi connectivity index (χ0) is 12.3. The van der Waals surface area contributed by atoms with Crippen molar-refractivity contribution in [2.24, 2.45) is 0 Å². The largest absolute Gasteiger partial charge is 0.261 e.